The Labute approximate surface area is 300 Å². The third-order valence-electron chi connectivity index (χ3n) is 9.50. The van der Waals surface area contributed by atoms with E-state index in [4.69, 9.17) is 19.4 Å². The van der Waals surface area contributed by atoms with Crippen molar-refractivity contribution < 1.29 is 4.42 Å². The second-order valence-electron chi connectivity index (χ2n) is 12.7. The van der Waals surface area contributed by atoms with Crippen LogP contribution in [0.2, 0.25) is 0 Å². The average molecular weight is 676 g/mol. The predicted octanol–water partition coefficient (Wildman–Crippen LogP) is 12.5. The summed E-state index contributed by atoms with van der Waals surface area (Å²) in [6.07, 6.45) is 4.51. The van der Waals surface area contributed by atoms with Crippen LogP contribution in [-0.2, 0) is 12.8 Å². The summed E-state index contributed by atoms with van der Waals surface area (Å²) in [5, 5.41) is 3.35. The number of hydrogen-bond donors (Lipinski definition) is 0. The molecule has 0 amide bonds. The minimum atomic E-state index is 0.644. The number of hydrogen-bond acceptors (Lipinski definition) is 5. The molecule has 9 aromatic rings. The summed E-state index contributed by atoms with van der Waals surface area (Å²) in [4.78, 5) is 16.6. The second-order valence-corrected chi connectivity index (χ2v) is 13.8. The van der Waals surface area contributed by atoms with E-state index in [0.717, 1.165) is 62.9 Å². The second kappa shape index (κ2) is 13.3. The summed E-state index contributed by atoms with van der Waals surface area (Å²) < 4.78 is 7.79. The Kier molecular flexibility index (Phi) is 8.03. The fourth-order valence-electron chi connectivity index (χ4n) is 7.02. The fraction of sp³-hybridized carbons (Fsp3) is 0.0652. The van der Waals surface area contributed by atoms with E-state index in [2.05, 4.69) is 116 Å². The Morgan fingerprint density at radius 1 is 0.549 bits per heavy atom. The van der Waals surface area contributed by atoms with Crippen LogP contribution in [0.25, 0.3) is 83.1 Å². The van der Waals surface area contributed by atoms with Crippen LogP contribution in [-0.4, -0.2) is 15.0 Å². The largest absolute Gasteiger partial charge is 0.456 e. The van der Waals surface area contributed by atoms with Gasteiger partial charge in [0, 0.05) is 37.9 Å². The van der Waals surface area contributed by atoms with Crippen molar-refractivity contribution in [2.75, 3.05) is 0 Å². The van der Waals surface area contributed by atoms with Gasteiger partial charge in [-0.05, 0) is 70.3 Å². The van der Waals surface area contributed by atoms with E-state index < -0.39 is 0 Å². The van der Waals surface area contributed by atoms with E-state index in [0.29, 0.717) is 18.1 Å². The minimum absolute atomic E-state index is 0.644. The molecule has 0 fully saturated rings. The number of furan rings is 1. The number of para-hydroxylation sites is 1. The molecule has 4 nitrogen and oxygen atoms in total. The molecule has 0 spiro atoms. The number of aromatic nitrogens is 3. The SMILES string of the molecule is C=Cc1sc2ccccc2c1CCCc1nc(-c2ccccc2)nc(-c2cc(-c3ccc(-c4ccccc4)cc3)cc3oc4ccccc4c23)n1. The van der Waals surface area contributed by atoms with E-state index >= 15 is 0 Å². The molecule has 6 aromatic carbocycles. The zero-order chi connectivity index (χ0) is 34.1. The van der Waals surface area contributed by atoms with Gasteiger partial charge in [0.15, 0.2) is 11.6 Å². The molecule has 0 unspecified atom stereocenters. The molecule has 0 bridgehead atoms. The van der Waals surface area contributed by atoms with Gasteiger partial charge in [-0.2, -0.15) is 0 Å². The van der Waals surface area contributed by atoms with Gasteiger partial charge in [-0.1, -0.05) is 134 Å². The molecule has 244 valence electrons. The lowest BCUT2D eigenvalue weighted by Crippen LogP contribution is -2.04. The minimum Gasteiger partial charge on any atom is -0.456 e. The number of nitrogens with zero attached hydrogens (tertiary/aromatic N) is 3. The van der Waals surface area contributed by atoms with Gasteiger partial charge >= 0.3 is 0 Å². The monoisotopic (exact) mass is 675 g/mol. The molecule has 9 rings (SSSR count). The normalized spacial score (nSPS) is 11.5. The van der Waals surface area contributed by atoms with Crippen LogP contribution in [0.1, 0.15) is 22.7 Å². The number of thiophene rings is 1. The lowest BCUT2D eigenvalue weighted by Gasteiger charge is -2.11. The maximum absolute atomic E-state index is 6.50. The van der Waals surface area contributed by atoms with Crippen LogP contribution in [0.3, 0.4) is 0 Å². The zero-order valence-electron chi connectivity index (χ0n) is 27.9. The fourth-order valence-corrected chi connectivity index (χ4v) is 8.12. The third kappa shape index (κ3) is 5.92. The smallest absolute Gasteiger partial charge is 0.164 e. The number of benzene rings is 6. The van der Waals surface area contributed by atoms with E-state index in [1.807, 2.05) is 42.5 Å². The molecule has 0 aliphatic rings. The quantitative estimate of drug-likeness (QED) is 0.153. The standard InChI is InChI=1S/C46H33N3OS/c1-2-41-35(36-18-10-12-22-42(36)51-41)20-13-23-43-47-45(33-16-7-4-8-17-33)49-46(48-43)38-28-34(29-40-44(38)37-19-9-11-21-39(37)50-40)32-26-24-31(25-27-32)30-14-5-3-6-15-30/h2-12,14-19,21-22,24-29H,1,13,20,23H2. The van der Waals surface area contributed by atoms with E-state index in [9.17, 15) is 0 Å². The first kappa shape index (κ1) is 30.9. The van der Waals surface area contributed by atoms with Crippen LogP contribution in [0, 0.1) is 0 Å². The highest BCUT2D eigenvalue weighted by molar-refractivity contribution is 7.20. The van der Waals surface area contributed by atoms with Crippen LogP contribution in [0.5, 0.6) is 0 Å². The Morgan fingerprint density at radius 3 is 1.94 bits per heavy atom. The van der Waals surface area contributed by atoms with Crippen molar-refractivity contribution in [3.05, 3.63) is 168 Å². The first-order chi connectivity index (χ1) is 25.2. The zero-order valence-corrected chi connectivity index (χ0v) is 28.7. The highest BCUT2D eigenvalue weighted by Crippen LogP contribution is 2.40. The summed E-state index contributed by atoms with van der Waals surface area (Å²) in [5.74, 6) is 2.09. The third-order valence-corrected chi connectivity index (χ3v) is 10.7. The van der Waals surface area contributed by atoms with Crippen LogP contribution in [0.4, 0.5) is 0 Å². The average Bonchev–Trinajstić information content (AvgIpc) is 3.76. The van der Waals surface area contributed by atoms with Crippen molar-refractivity contribution in [3.8, 4) is 45.0 Å². The van der Waals surface area contributed by atoms with E-state index in [1.165, 1.54) is 31.7 Å². The Morgan fingerprint density at radius 2 is 1.18 bits per heavy atom. The summed E-state index contributed by atoms with van der Waals surface area (Å²) in [6, 6.07) is 50.5. The molecule has 0 aliphatic heterocycles. The van der Waals surface area contributed by atoms with Crippen molar-refractivity contribution in [1.29, 1.82) is 0 Å². The molecule has 3 aromatic heterocycles. The van der Waals surface area contributed by atoms with Gasteiger partial charge in [0.05, 0.1) is 0 Å². The van der Waals surface area contributed by atoms with Crippen molar-refractivity contribution >= 4 is 49.4 Å². The molecule has 0 saturated carbocycles. The van der Waals surface area contributed by atoms with Crippen LogP contribution >= 0.6 is 11.3 Å². The number of aryl methyl sites for hydroxylation is 2. The van der Waals surface area contributed by atoms with Gasteiger partial charge in [-0.3, -0.25) is 0 Å². The lowest BCUT2D eigenvalue weighted by atomic mass is 9.96. The van der Waals surface area contributed by atoms with Crippen LogP contribution in [0.15, 0.2) is 157 Å². The maximum Gasteiger partial charge on any atom is 0.164 e. The molecular formula is C46H33N3OS. The molecule has 0 atom stereocenters. The van der Waals surface area contributed by atoms with Crippen molar-refractivity contribution in [1.82, 2.24) is 15.0 Å². The topological polar surface area (TPSA) is 51.8 Å². The molecule has 0 N–H and O–H groups in total. The van der Waals surface area contributed by atoms with E-state index in [-0.39, 0.29) is 0 Å². The molecule has 51 heavy (non-hydrogen) atoms. The Hall–Kier alpha value is -6.17. The van der Waals surface area contributed by atoms with Gasteiger partial charge < -0.3 is 4.42 Å². The van der Waals surface area contributed by atoms with Crippen molar-refractivity contribution in [2.45, 2.75) is 19.3 Å². The molecular weight excluding hydrogens is 643 g/mol. The summed E-state index contributed by atoms with van der Waals surface area (Å²) in [7, 11) is 0. The first-order valence-corrected chi connectivity index (χ1v) is 18.1. The van der Waals surface area contributed by atoms with Gasteiger partial charge in [-0.15, -0.1) is 11.3 Å². The van der Waals surface area contributed by atoms with Crippen LogP contribution < -0.4 is 0 Å². The van der Waals surface area contributed by atoms with Gasteiger partial charge in [0.25, 0.3) is 0 Å². The van der Waals surface area contributed by atoms with E-state index in [1.54, 1.807) is 11.3 Å². The van der Waals surface area contributed by atoms with Gasteiger partial charge in [-0.25, -0.2) is 15.0 Å². The first-order valence-electron chi connectivity index (χ1n) is 17.3. The van der Waals surface area contributed by atoms with Crippen molar-refractivity contribution in [3.63, 3.8) is 0 Å². The Balaban J connectivity index is 1.16. The predicted molar refractivity (Wildman–Crippen MR) is 213 cm³/mol. The molecule has 0 aliphatic carbocycles. The summed E-state index contributed by atoms with van der Waals surface area (Å²) >= 11 is 1.80. The number of rotatable bonds is 9. The molecule has 5 heteroatoms. The summed E-state index contributed by atoms with van der Waals surface area (Å²) in [6.45, 7) is 4.10. The summed E-state index contributed by atoms with van der Waals surface area (Å²) in [5.41, 5.74) is 9.38. The number of fused-ring (bicyclic) bond motifs is 4. The maximum atomic E-state index is 6.50. The van der Waals surface area contributed by atoms with Gasteiger partial charge in [0.2, 0.25) is 0 Å². The molecule has 0 saturated heterocycles. The highest BCUT2D eigenvalue weighted by atomic mass is 32.1. The highest BCUT2D eigenvalue weighted by Gasteiger charge is 2.19. The van der Waals surface area contributed by atoms with Crippen molar-refractivity contribution in [2.24, 2.45) is 0 Å². The Bertz CT molecular complexity index is 2680. The van der Waals surface area contributed by atoms with Gasteiger partial charge in [0.1, 0.15) is 17.0 Å². The molecule has 0 radical (unpaired) electrons. The lowest BCUT2D eigenvalue weighted by molar-refractivity contribution is 0.669. The molecule has 3 heterocycles.